The third-order valence-electron chi connectivity index (χ3n) is 3.16. The van der Waals surface area contributed by atoms with Gasteiger partial charge in [-0.1, -0.05) is 0 Å². The van der Waals surface area contributed by atoms with Crippen molar-refractivity contribution in [3.63, 3.8) is 0 Å². The van der Waals surface area contributed by atoms with E-state index < -0.39 is 0 Å². The molecule has 0 radical (unpaired) electrons. The summed E-state index contributed by atoms with van der Waals surface area (Å²) in [5.41, 5.74) is 1.62. The van der Waals surface area contributed by atoms with Crippen LogP contribution in [0.15, 0.2) is 41.4 Å². The van der Waals surface area contributed by atoms with Gasteiger partial charge >= 0.3 is 0 Å². The van der Waals surface area contributed by atoms with Crippen molar-refractivity contribution in [2.75, 3.05) is 28.4 Å². The molecule has 0 fully saturated rings. The van der Waals surface area contributed by atoms with Gasteiger partial charge < -0.3 is 18.9 Å². The zero-order valence-corrected chi connectivity index (χ0v) is 13.1. The Kier molecular flexibility index (Phi) is 5.25. The van der Waals surface area contributed by atoms with Crippen LogP contribution in [0.25, 0.3) is 0 Å². The van der Waals surface area contributed by atoms with E-state index in [1.54, 1.807) is 40.7 Å². The normalized spacial score (nSPS) is 10.5. The van der Waals surface area contributed by atoms with Crippen molar-refractivity contribution in [2.24, 2.45) is 4.99 Å². The maximum Gasteiger partial charge on any atom is 0.164 e. The zero-order valence-electron chi connectivity index (χ0n) is 13.1. The molecule has 2 aromatic rings. The summed E-state index contributed by atoms with van der Waals surface area (Å²) in [6, 6.07) is 11.1. The molecule has 22 heavy (non-hydrogen) atoms. The Bertz CT molecular complexity index is 650. The van der Waals surface area contributed by atoms with Gasteiger partial charge in [-0.25, -0.2) is 0 Å². The second-order valence-electron chi connectivity index (χ2n) is 4.41. The summed E-state index contributed by atoms with van der Waals surface area (Å²) in [6.07, 6.45) is 1.72. The minimum atomic E-state index is 0.612. The maximum atomic E-state index is 5.37. The summed E-state index contributed by atoms with van der Waals surface area (Å²) in [6.45, 7) is 0. The average Bonchev–Trinajstić information content (AvgIpc) is 2.59. The lowest BCUT2D eigenvalue weighted by Crippen LogP contribution is -1.96. The van der Waals surface area contributed by atoms with E-state index in [4.69, 9.17) is 18.9 Å². The molecule has 0 aliphatic carbocycles. The zero-order chi connectivity index (χ0) is 15.9. The van der Waals surface area contributed by atoms with Crippen LogP contribution >= 0.6 is 0 Å². The van der Waals surface area contributed by atoms with E-state index in [1.165, 1.54) is 0 Å². The Balaban J connectivity index is 2.32. The Hall–Kier alpha value is -2.69. The molecule has 0 N–H and O–H groups in total. The number of benzene rings is 2. The molecule has 116 valence electrons. The number of methoxy groups -OCH3 is 4. The van der Waals surface area contributed by atoms with E-state index in [-0.39, 0.29) is 0 Å². The van der Waals surface area contributed by atoms with Crippen LogP contribution in [0.2, 0.25) is 0 Å². The predicted octanol–water partition coefficient (Wildman–Crippen LogP) is 3.47. The Morgan fingerprint density at radius 2 is 1.32 bits per heavy atom. The molecule has 0 aliphatic rings. The van der Waals surface area contributed by atoms with Gasteiger partial charge in [-0.2, -0.15) is 0 Å². The summed E-state index contributed by atoms with van der Waals surface area (Å²) in [5.74, 6) is 2.69. The summed E-state index contributed by atoms with van der Waals surface area (Å²) in [7, 11) is 6.41. The number of ether oxygens (including phenoxy) is 4. The topological polar surface area (TPSA) is 49.3 Å². The van der Waals surface area contributed by atoms with Gasteiger partial charge in [0.15, 0.2) is 11.5 Å². The first kappa shape index (κ1) is 15.7. The Morgan fingerprint density at radius 1 is 0.727 bits per heavy atom. The molecule has 5 heteroatoms. The number of hydrogen-bond acceptors (Lipinski definition) is 5. The van der Waals surface area contributed by atoms with Gasteiger partial charge in [0.05, 0.1) is 34.1 Å². The first-order valence-corrected chi connectivity index (χ1v) is 6.70. The molecule has 2 aromatic carbocycles. The molecule has 0 aliphatic heterocycles. The Labute approximate surface area is 130 Å². The number of nitrogens with zero attached hydrogens (tertiary/aromatic N) is 1. The van der Waals surface area contributed by atoms with E-state index in [2.05, 4.69) is 4.99 Å². The van der Waals surface area contributed by atoms with E-state index in [1.807, 2.05) is 30.3 Å². The van der Waals surface area contributed by atoms with Crippen molar-refractivity contribution >= 4 is 11.9 Å². The Morgan fingerprint density at radius 3 is 1.86 bits per heavy atom. The van der Waals surface area contributed by atoms with Gasteiger partial charge in [0, 0.05) is 17.8 Å². The van der Waals surface area contributed by atoms with Gasteiger partial charge in [0.1, 0.15) is 11.5 Å². The smallest absolute Gasteiger partial charge is 0.164 e. The standard InChI is InChI=1S/C17H19NO4/c1-19-14-7-5-13(6-8-14)18-11-12-9-16(21-3)17(22-4)10-15(12)20-2/h5-11H,1-4H3/b18-11+. The highest BCUT2D eigenvalue weighted by atomic mass is 16.5. The number of rotatable bonds is 6. The third kappa shape index (κ3) is 3.49. The predicted molar refractivity (Wildman–Crippen MR) is 86.3 cm³/mol. The fourth-order valence-corrected chi connectivity index (χ4v) is 1.97. The van der Waals surface area contributed by atoms with E-state index in [0.29, 0.717) is 17.2 Å². The monoisotopic (exact) mass is 301 g/mol. The first-order valence-electron chi connectivity index (χ1n) is 6.70. The summed E-state index contributed by atoms with van der Waals surface area (Å²) in [4.78, 5) is 4.43. The average molecular weight is 301 g/mol. The van der Waals surface area contributed by atoms with Crippen LogP contribution in [0.5, 0.6) is 23.0 Å². The molecule has 0 amide bonds. The van der Waals surface area contributed by atoms with Crippen molar-refractivity contribution in [3.8, 4) is 23.0 Å². The van der Waals surface area contributed by atoms with E-state index in [9.17, 15) is 0 Å². The minimum Gasteiger partial charge on any atom is -0.497 e. The molecule has 5 nitrogen and oxygen atoms in total. The lowest BCUT2D eigenvalue weighted by atomic mass is 10.2. The molecule has 0 saturated carbocycles. The quantitative estimate of drug-likeness (QED) is 0.767. The van der Waals surface area contributed by atoms with Gasteiger partial charge in [-0.15, -0.1) is 0 Å². The third-order valence-corrected chi connectivity index (χ3v) is 3.16. The van der Waals surface area contributed by atoms with Crippen LogP contribution in [-0.2, 0) is 0 Å². The van der Waals surface area contributed by atoms with E-state index in [0.717, 1.165) is 17.0 Å². The van der Waals surface area contributed by atoms with Crippen molar-refractivity contribution in [1.82, 2.24) is 0 Å². The van der Waals surface area contributed by atoms with Crippen LogP contribution in [0.3, 0.4) is 0 Å². The second kappa shape index (κ2) is 7.36. The summed E-state index contributed by atoms with van der Waals surface area (Å²) in [5, 5.41) is 0. The van der Waals surface area contributed by atoms with Crippen LogP contribution in [0, 0.1) is 0 Å². The second-order valence-corrected chi connectivity index (χ2v) is 4.41. The van der Waals surface area contributed by atoms with Crippen molar-refractivity contribution in [1.29, 1.82) is 0 Å². The van der Waals surface area contributed by atoms with E-state index >= 15 is 0 Å². The summed E-state index contributed by atoms with van der Waals surface area (Å²) >= 11 is 0. The molecule has 0 saturated heterocycles. The van der Waals surface area contributed by atoms with Crippen LogP contribution in [-0.4, -0.2) is 34.7 Å². The number of hydrogen-bond donors (Lipinski definition) is 0. The highest BCUT2D eigenvalue weighted by molar-refractivity contribution is 5.87. The largest absolute Gasteiger partial charge is 0.497 e. The molecule has 0 unspecified atom stereocenters. The molecule has 0 atom stereocenters. The van der Waals surface area contributed by atoms with Crippen LogP contribution < -0.4 is 18.9 Å². The summed E-state index contributed by atoms with van der Waals surface area (Å²) < 4.78 is 21.0. The van der Waals surface area contributed by atoms with Gasteiger partial charge in [-0.05, 0) is 30.3 Å². The van der Waals surface area contributed by atoms with Crippen molar-refractivity contribution < 1.29 is 18.9 Å². The minimum absolute atomic E-state index is 0.612. The lowest BCUT2D eigenvalue weighted by Gasteiger charge is -2.11. The molecular formula is C17H19NO4. The highest BCUT2D eigenvalue weighted by Crippen LogP contribution is 2.34. The van der Waals surface area contributed by atoms with Gasteiger partial charge in [0.2, 0.25) is 0 Å². The number of aliphatic imine (C=N–C) groups is 1. The van der Waals surface area contributed by atoms with Gasteiger partial charge in [0.25, 0.3) is 0 Å². The molecule has 0 spiro atoms. The molecule has 2 rings (SSSR count). The van der Waals surface area contributed by atoms with Crippen LogP contribution in [0.4, 0.5) is 5.69 Å². The van der Waals surface area contributed by atoms with Crippen molar-refractivity contribution in [3.05, 3.63) is 42.0 Å². The van der Waals surface area contributed by atoms with Crippen LogP contribution in [0.1, 0.15) is 5.56 Å². The maximum absolute atomic E-state index is 5.37. The molecule has 0 heterocycles. The molecular weight excluding hydrogens is 282 g/mol. The fraction of sp³-hybridized carbons (Fsp3) is 0.235. The van der Waals surface area contributed by atoms with Crippen molar-refractivity contribution in [2.45, 2.75) is 0 Å². The van der Waals surface area contributed by atoms with Gasteiger partial charge in [-0.3, -0.25) is 4.99 Å². The lowest BCUT2D eigenvalue weighted by molar-refractivity contribution is 0.349. The highest BCUT2D eigenvalue weighted by Gasteiger charge is 2.10. The molecule has 0 bridgehead atoms. The fourth-order valence-electron chi connectivity index (χ4n) is 1.97. The first-order chi connectivity index (χ1) is 10.7. The SMILES string of the molecule is COc1ccc(/N=C/c2cc(OC)c(OC)cc2OC)cc1. The molecule has 0 aromatic heterocycles.